The first-order chi connectivity index (χ1) is 10.2. The van der Waals surface area contributed by atoms with Crippen LogP contribution in [0.3, 0.4) is 0 Å². The zero-order chi connectivity index (χ0) is 14.7. The molecule has 0 aliphatic carbocycles. The minimum Gasteiger partial charge on any atom is -0.478 e. The van der Waals surface area contributed by atoms with Crippen LogP contribution in [0.2, 0.25) is 0 Å². The number of carboxylic acid groups (broad SMARTS) is 1. The van der Waals surface area contributed by atoms with E-state index in [1.54, 1.807) is 18.0 Å². The molecule has 0 saturated heterocycles. The molecule has 0 saturated carbocycles. The molecule has 0 spiro atoms. The molecule has 2 N–H and O–H groups in total. The van der Waals surface area contributed by atoms with Crippen LogP contribution in [0.15, 0.2) is 65.2 Å². The van der Waals surface area contributed by atoms with E-state index < -0.39 is 5.97 Å². The molecule has 0 amide bonds. The highest BCUT2D eigenvalue weighted by Gasteiger charge is 2.18. The van der Waals surface area contributed by atoms with Gasteiger partial charge in [0.25, 0.3) is 0 Å². The lowest BCUT2D eigenvalue weighted by Gasteiger charge is -2.19. The molecule has 0 radical (unpaired) electrons. The average Bonchev–Trinajstić information content (AvgIpc) is 2.53. The van der Waals surface area contributed by atoms with Gasteiger partial charge in [-0.2, -0.15) is 0 Å². The van der Waals surface area contributed by atoms with E-state index in [0.717, 1.165) is 21.9 Å². The molecule has 0 atom stereocenters. The molecule has 1 aliphatic heterocycles. The molecular formula is C17H15NO2S. The number of carboxylic acids is 1. The zero-order valence-corrected chi connectivity index (χ0v) is 12.2. The van der Waals surface area contributed by atoms with Gasteiger partial charge < -0.3 is 10.4 Å². The Morgan fingerprint density at radius 2 is 1.95 bits per heavy atom. The second-order valence-corrected chi connectivity index (χ2v) is 5.88. The summed E-state index contributed by atoms with van der Waals surface area (Å²) in [4.78, 5) is 12.2. The molecule has 0 aromatic heterocycles. The van der Waals surface area contributed by atoms with Crippen molar-refractivity contribution < 1.29 is 9.90 Å². The largest absolute Gasteiger partial charge is 0.478 e. The third-order valence-electron chi connectivity index (χ3n) is 3.40. The van der Waals surface area contributed by atoms with Gasteiger partial charge in [-0.3, -0.25) is 0 Å². The van der Waals surface area contributed by atoms with Crippen molar-refractivity contribution in [3.8, 4) is 0 Å². The van der Waals surface area contributed by atoms with Crippen molar-refractivity contribution in [2.45, 2.75) is 17.1 Å². The SMILES string of the molecule is O=C(O)C1=CNc2c(cccc2SCc2ccccc2)C1. The highest BCUT2D eigenvalue weighted by Crippen LogP contribution is 2.35. The van der Waals surface area contributed by atoms with Gasteiger partial charge in [-0.15, -0.1) is 11.8 Å². The lowest BCUT2D eigenvalue weighted by molar-refractivity contribution is -0.132. The molecule has 1 heterocycles. The van der Waals surface area contributed by atoms with Gasteiger partial charge in [0.05, 0.1) is 11.3 Å². The molecule has 4 heteroatoms. The van der Waals surface area contributed by atoms with Crippen LogP contribution in [0.5, 0.6) is 0 Å². The average molecular weight is 297 g/mol. The van der Waals surface area contributed by atoms with E-state index in [9.17, 15) is 4.79 Å². The van der Waals surface area contributed by atoms with Crippen LogP contribution >= 0.6 is 11.8 Å². The summed E-state index contributed by atoms with van der Waals surface area (Å²) >= 11 is 1.76. The topological polar surface area (TPSA) is 49.3 Å². The minimum absolute atomic E-state index is 0.396. The second kappa shape index (κ2) is 6.06. The van der Waals surface area contributed by atoms with Crippen LogP contribution in [0.25, 0.3) is 0 Å². The molecule has 0 bridgehead atoms. The molecule has 21 heavy (non-hydrogen) atoms. The highest BCUT2D eigenvalue weighted by molar-refractivity contribution is 7.98. The summed E-state index contributed by atoms with van der Waals surface area (Å²) in [5.41, 5.74) is 3.74. The van der Waals surface area contributed by atoms with Crippen molar-refractivity contribution in [1.82, 2.24) is 0 Å². The van der Waals surface area contributed by atoms with E-state index in [2.05, 4.69) is 23.5 Å². The molecule has 1 aliphatic rings. The first kappa shape index (κ1) is 13.8. The number of carbonyl (C=O) groups is 1. The first-order valence-electron chi connectivity index (χ1n) is 6.71. The summed E-state index contributed by atoms with van der Waals surface area (Å²) in [6, 6.07) is 16.3. The zero-order valence-electron chi connectivity index (χ0n) is 11.4. The fraction of sp³-hybridized carbons (Fsp3) is 0.118. The van der Waals surface area contributed by atoms with Gasteiger partial charge in [0.15, 0.2) is 0 Å². The molecule has 0 unspecified atom stereocenters. The van der Waals surface area contributed by atoms with Crippen LogP contribution < -0.4 is 5.32 Å². The Kier molecular flexibility index (Phi) is 3.97. The van der Waals surface area contributed by atoms with E-state index in [-0.39, 0.29) is 0 Å². The minimum atomic E-state index is -0.865. The molecule has 3 rings (SSSR count). The Morgan fingerprint density at radius 1 is 1.14 bits per heavy atom. The summed E-state index contributed by atoms with van der Waals surface area (Å²) in [5, 5.41) is 12.2. The van der Waals surface area contributed by atoms with E-state index in [4.69, 9.17) is 5.11 Å². The maximum atomic E-state index is 11.0. The van der Waals surface area contributed by atoms with Gasteiger partial charge in [0.2, 0.25) is 0 Å². The molecule has 0 fully saturated rings. The van der Waals surface area contributed by atoms with E-state index in [1.165, 1.54) is 5.56 Å². The fourth-order valence-electron chi connectivity index (χ4n) is 2.30. The van der Waals surface area contributed by atoms with E-state index >= 15 is 0 Å². The van der Waals surface area contributed by atoms with Crippen molar-refractivity contribution >= 4 is 23.4 Å². The number of anilines is 1. The Morgan fingerprint density at radius 3 is 2.71 bits per heavy atom. The first-order valence-corrected chi connectivity index (χ1v) is 7.70. The summed E-state index contributed by atoms with van der Waals surface area (Å²) in [6.45, 7) is 0. The lowest BCUT2D eigenvalue weighted by atomic mass is 10.0. The molecule has 3 nitrogen and oxygen atoms in total. The number of benzene rings is 2. The number of rotatable bonds is 4. The Bertz CT molecular complexity index is 695. The monoisotopic (exact) mass is 297 g/mol. The highest BCUT2D eigenvalue weighted by atomic mass is 32.2. The van der Waals surface area contributed by atoms with Crippen molar-refractivity contribution in [2.75, 3.05) is 5.32 Å². The maximum absolute atomic E-state index is 11.0. The van der Waals surface area contributed by atoms with Crippen LogP contribution in [0.4, 0.5) is 5.69 Å². The summed E-state index contributed by atoms with van der Waals surface area (Å²) in [5.74, 6) is 0.0320. The van der Waals surface area contributed by atoms with Crippen molar-refractivity contribution in [2.24, 2.45) is 0 Å². The van der Waals surface area contributed by atoms with Gasteiger partial charge in [0.1, 0.15) is 0 Å². The number of fused-ring (bicyclic) bond motifs is 1. The number of aliphatic carboxylic acids is 1. The number of hydrogen-bond acceptors (Lipinski definition) is 3. The number of hydrogen-bond donors (Lipinski definition) is 2. The lowest BCUT2D eigenvalue weighted by Crippen LogP contribution is -2.12. The van der Waals surface area contributed by atoms with Crippen molar-refractivity contribution in [1.29, 1.82) is 0 Å². The van der Waals surface area contributed by atoms with E-state index in [1.807, 2.05) is 30.3 Å². The summed E-state index contributed by atoms with van der Waals surface area (Å²) in [6.07, 6.45) is 2.06. The Balaban J connectivity index is 1.78. The fourth-order valence-corrected chi connectivity index (χ4v) is 3.32. The number of para-hydroxylation sites is 1. The van der Waals surface area contributed by atoms with Crippen LogP contribution in [-0.2, 0) is 17.0 Å². The third kappa shape index (κ3) is 3.11. The normalized spacial score (nSPS) is 13.0. The summed E-state index contributed by atoms with van der Waals surface area (Å²) < 4.78 is 0. The molecule has 106 valence electrons. The van der Waals surface area contributed by atoms with Gasteiger partial charge in [-0.25, -0.2) is 4.79 Å². The smallest absolute Gasteiger partial charge is 0.333 e. The molecule has 2 aromatic rings. The maximum Gasteiger partial charge on any atom is 0.333 e. The van der Waals surface area contributed by atoms with Crippen LogP contribution in [0, 0.1) is 0 Å². The Hall–Kier alpha value is -2.20. The van der Waals surface area contributed by atoms with Crippen LogP contribution in [0.1, 0.15) is 11.1 Å². The standard InChI is InChI=1S/C17H15NO2S/c19-17(20)14-9-13-7-4-8-15(16(13)18-10-14)21-11-12-5-2-1-3-6-12/h1-8,10,18H,9,11H2,(H,19,20). The predicted octanol–water partition coefficient (Wildman–Crippen LogP) is 3.92. The van der Waals surface area contributed by atoms with Gasteiger partial charge in [-0.1, -0.05) is 42.5 Å². The Labute approximate surface area is 127 Å². The predicted molar refractivity (Wildman–Crippen MR) is 85.5 cm³/mol. The quantitative estimate of drug-likeness (QED) is 0.840. The second-order valence-electron chi connectivity index (χ2n) is 4.86. The van der Waals surface area contributed by atoms with Crippen molar-refractivity contribution in [3.05, 3.63) is 71.4 Å². The van der Waals surface area contributed by atoms with Gasteiger partial charge in [0, 0.05) is 23.3 Å². The van der Waals surface area contributed by atoms with Crippen molar-refractivity contribution in [3.63, 3.8) is 0 Å². The molecule has 2 aromatic carbocycles. The van der Waals surface area contributed by atoms with E-state index in [0.29, 0.717) is 12.0 Å². The summed E-state index contributed by atoms with van der Waals surface area (Å²) in [7, 11) is 0. The number of nitrogens with one attached hydrogen (secondary N) is 1. The number of thioether (sulfide) groups is 1. The van der Waals surface area contributed by atoms with Gasteiger partial charge in [-0.05, 0) is 17.2 Å². The third-order valence-corrected chi connectivity index (χ3v) is 4.52. The molecular weight excluding hydrogens is 282 g/mol. The van der Waals surface area contributed by atoms with Crippen LogP contribution in [-0.4, -0.2) is 11.1 Å². The van der Waals surface area contributed by atoms with Gasteiger partial charge >= 0.3 is 5.97 Å².